The highest BCUT2D eigenvalue weighted by Gasteiger charge is 2.10. The Bertz CT molecular complexity index is 572. The van der Waals surface area contributed by atoms with Crippen LogP contribution in [0, 0.1) is 0 Å². The molecule has 0 atom stereocenters. The normalized spacial score (nSPS) is 9.30. The first-order valence-electron chi connectivity index (χ1n) is 6.40. The fourth-order valence-corrected chi connectivity index (χ4v) is 2.71. The van der Waals surface area contributed by atoms with Crippen molar-refractivity contribution in [3.63, 3.8) is 0 Å². The summed E-state index contributed by atoms with van der Waals surface area (Å²) >= 11 is 1.72. The molecule has 0 saturated carbocycles. The van der Waals surface area contributed by atoms with Crippen molar-refractivity contribution >= 4 is 17.1 Å². The van der Waals surface area contributed by atoms with E-state index in [2.05, 4.69) is 61.5 Å². The Morgan fingerprint density at radius 3 is 2.70 bits per heavy atom. The maximum Gasteiger partial charge on any atom is 0.120 e. The number of benzene rings is 1. The van der Waals surface area contributed by atoms with Gasteiger partial charge in [-0.25, -0.2) is 0 Å². The van der Waals surface area contributed by atoms with Gasteiger partial charge in [0.2, 0.25) is 0 Å². The van der Waals surface area contributed by atoms with E-state index in [1.807, 2.05) is 0 Å². The third kappa shape index (κ3) is 4.00. The van der Waals surface area contributed by atoms with Crippen LogP contribution in [0.5, 0.6) is 0 Å². The summed E-state index contributed by atoms with van der Waals surface area (Å²) in [4.78, 5) is 1.23. The lowest BCUT2D eigenvalue weighted by Crippen LogP contribution is -1.87. The minimum absolute atomic E-state index is 0.725. The minimum atomic E-state index is 0.725. The molecule has 2 aromatic rings. The fraction of sp³-hybridized carbons (Fsp3) is 0.176. The molecule has 3 heteroatoms. The van der Waals surface area contributed by atoms with E-state index in [0.29, 0.717) is 0 Å². The lowest BCUT2D eigenvalue weighted by molar-refractivity contribution is 0.372. The molecule has 0 saturated heterocycles. The molecule has 0 bridgehead atoms. The van der Waals surface area contributed by atoms with Crippen LogP contribution in [-0.2, 0) is 11.2 Å². The monoisotopic (exact) mass is 287 g/mol. The second-order valence-corrected chi connectivity index (χ2v) is 5.00. The Hall–Kier alpha value is -2.00. The van der Waals surface area contributed by atoms with Gasteiger partial charge in [-0.1, -0.05) is 44.3 Å². The number of hydrogen-bond acceptors (Lipinski definition) is 3. The number of thiophene rings is 1. The van der Waals surface area contributed by atoms with E-state index >= 15 is 0 Å². The molecule has 0 aliphatic carbocycles. The van der Waals surface area contributed by atoms with E-state index < -0.39 is 0 Å². The molecule has 2 nitrogen and oxygen atoms in total. The van der Waals surface area contributed by atoms with Crippen molar-refractivity contribution < 1.29 is 4.74 Å². The Kier molecular flexibility index (Phi) is 6.60. The van der Waals surface area contributed by atoms with E-state index in [1.165, 1.54) is 22.2 Å². The average Bonchev–Trinajstić information content (AvgIpc) is 2.97. The fourth-order valence-electron chi connectivity index (χ4n) is 1.79. The molecule has 1 aromatic heterocycles. The van der Waals surface area contributed by atoms with E-state index in [0.717, 1.165) is 17.7 Å². The van der Waals surface area contributed by atoms with Crippen molar-refractivity contribution in [1.82, 2.24) is 0 Å². The van der Waals surface area contributed by atoms with Gasteiger partial charge in [0.05, 0.1) is 7.11 Å². The molecule has 0 aliphatic heterocycles. The number of nitrogens with two attached hydrogens (primary N) is 1. The molecule has 0 amide bonds. The molecular formula is C17H21NOS. The molecule has 1 heterocycles. The quantitative estimate of drug-likeness (QED) is 0.828. The third-order valence-electron chi connectivity index (χ3n) is 2.81. The van der Waals surface area contributed by atoms with Gasteiger partial charge < -0.3 is 10.5 Å². The van der Waals surface area contributed by atoms with E-state index in [-0.39, 0.29) is 0 Å². The van der Waals surface area contributed by atoms with E-state index in [1.54, 1.807) is 18.4 Å². The van der Waals surface area contributed by atoms with Crippen LogP contribution in [0.3, 0.4) is 0 Å². The number of aryl methyl sites for hydroxylation is 1. The summed E-state index contributed by atoms with van der Waals surface area (Å²) in [6, 6.07) is 10.7. The van der Waals surface area contributed by atoms with Crippen molar-refractivity contribution in [2.45, 2.75) is 13.3 Å². The molecule has 0 fully saturated rings. The summed E-state index contributed by atoms with van der Waals surface area (Å²) < 4.78 is 5.23. The lowest BCUT2D eigenvalue weighted by Gasteiger charge is -2.07. The van der Waals surface area contributed by atoms with Gasteiger partial charge in [-0.05, 0) is 35.2 Å². The maximum absolute atomic E-state index is 5.23. The van der Waals surface area contributed by atoms with Crippen molar-refractivity contribution in [1.29, 1.82) is 0 Å². The second-order valence-electron chi connectivity index (χ2n) is 4.08. The van der Waals surface area contributed by atoms with Gasteiger partial charge in [-0.15, -0.1) is 11.3 Å². The lowest BCUT2D eigenvalue weighted by atomic mass is 10.0. The number of rotatable bonds is 4. The van der Waals surface area contributed by atoms with Gasteiger partial charge in [0.1, 0.15) is 5.76 Å². The van der Waals surface area contributed by atoms with Crippen molar-refractivity contribution in [2.24, 2.45) is 5.73 Å². The number of methoxy groups -OCH3 is 1. The molecular weight excluding hydrogens is 266 g/mol. The molecule has 106 valence electrons. The van der Waals surface area contributed by atoms with Crippen LogP contribution < -0.4 is 5.73 Å². The third-order valence-corrected chi connectivity index (χ3v) is 3.77. The molecule has 1 aromatic carbocycles. The van der Waals surface area contributed by atoms with Crippen molar-refractivity contribution in [2.75, 3.05) is 7.11 Å². The highest BCUT2D eigenvalue weighted by molar-refractivity contribution is 7.13. The summed E-state index contributed by atoms with van der Waals surface area (Å²) in [5, 5.41) is 2.08. The van der Waals surface area contributed by atoms with Crippen LogP contribution in [0.15, 0.2) is 55.1 Å². The average molecular weight is 287 g/mol. The SMILES string of the molecule is C=C(OC)c1ccsc1-c1cccc(CC)c1.C=CN. The smallest absolute Gasteiger partial charge is 0.120 e. The summed E-state index contributed by atoms with van der Waals surface area (Å²) in [7, 11) is 1.66. The first kappa shape index (κ1) is 16.1. The molecule has 2 rings (SSSR count). The van der Waals surface area contributed by atoms with Crippen molar-refractivity contribution in [3.8, 4) is 10.4 Å². The van der Waals surface area contributed by atoms with E-state index in [4.69, 9.17) is 4.74 Å². The van der Waals surface area contributed by atoms with Gasteiger partial charge >= 0.3 is 0 Å². The predicted molar refractivity (Wildman–Crippen MR) is 89.6 cm³/mol. The zero-order valence-electron chi connectivity index (χ0n) is 12.1. The van der Waals surface area contributed by atoms with Gasteiger partial charge in [-0.3, -0.25) is 0 Å². The highest BCUT2D eigenvalue weighted by atomic mass is 32.1. The largest absolute Gasteiger partial charge is 0.497 e. The summed E-state index contributed by atoms with van der Waals surface area (Å²) in [6.07, 6.45) is 2.31. The predicted octanol–water partition coefficient (Wildman–Crippen LogP) is 4.68. The van der Waals surface area contributed by atoms with Crippen LogP contribution in [0.2, 0.25) is 0 Å². The molecule has 0 aliphatic rings. The molecule has 0 unspecified atom stereocenters. The molecule has 20 heavy (non-hydrogen) atoms. The van der Waals surface area contributed by atoms with Crippen LogP contribution in [-0.4, -0.2) is 7.11 Å². The number of hydrogen-bond donors (Lipinski definition) is 1. The van der Waals surface area contributed by atoms with E-state index in [9.17, 15) is 0 Å². The summed E-state index contributed by atoms with van der Waals surface area (Å²) in [5.74, 6) is 0.725. The molecule has 2 N–H and O–H groups in total. The zero-order valence-corrected chi connectivity index (χ0v) is 12.9. The maximum atomic E-state index is 5.23. The van der Waals surface area contributed by atoms with Gasteiger partial charge in [0.25, 0.3) is 0 Å². The first-order chi connectivity index (χ1) is 9.67. The summed E-state index contributed by atoms with van der Waals surface area (Å²) in [6.45, 7) is 9.24. The molecule has 0 spiro atoms. The molecule has 0 radical (unpaired) electrons. The first-order valence-corrected chi connectivity index (χ1v) is 7.28. The topological polar surface area (TPSA) is 35.2 Å². The van der Waals surface area contributed by atoms with Crippen LogP contribution in [0.25, 0.3) is 16.2 Å². The van der Waals surface area contributed by atoms with Crippen LogP contribution in [0.4, 0.5) is 0 Å². The van der Waals surface area contributed by atoms with Crippen LogP contribution >= 0.6 is 11.3 Å². The van der Waals surface area contributed by atoms with Gasteiger partial charge in [-0.2, -0.15) is 0 Å². The summed E-state index contributed by atoms with van der Waals surface area (Å²) in [5.41, 5.74) is 8.29. The Morgan fingerprint density at radius 2 is 2.10 bits per heavy atom. The Morgan fingerprint density at radius 1 is 1.40 bits per heavy atom. The van der Waals surface area contributed by atoms with Gasteiger partial charge in [0, 0.05) is 10.4 Å². The standard InChI is InChI=1S/C15H16OS.C2H5N/c1-4-12-6-5-7-13(10-12)15-14(8-9-17-15)11(2)16-3;1-2-3/h5-10H,2,4H2,1,3H3;2H,1,3H2. The minimum Gasteiger partial charge on any atom is -0.497 e. The highest BCUT2D eigenvalue weighted by Crippen LogP contribution is 2.34. The van der Waals surface area contributed by atoms with Crippen LogP contribution in [0.1, 0.15) is 18.1 Å². The number of ether oxygens (including phenoxy) is 1. The zero-order chi connectivity index (χ0) is 15.0. The van der Waals surface area contributed by atoms with Gasteiger partial charge in [0.15, 0.2) is 0 Å². The van der Waals surface area contributed by atoms with Crippen molar-refractivity contribution in [3.05, 3.63) is 66.2 Å². The Labute approximate surface area is 125 Å². The Balaban J connectivity index is 0.000000612. The second kappa shape index (κ2) is 8.23.